The molecule has 19 heavy (non-hydrogen) atoms. The second-order valence-corrected chi connectivity index (χ2v) is 4.75. The molecular formula is C15H16F3N. The number of hydrogen-bond donors (Lipinski definition) is 1. The number of benzene rings is 1. The molecule has 1 aromatic carbocycles. The molecule has 0 amide bonds. The molecule has 0 saturated carbocycles. The molecule has 1 atom stereocenters. The van der Waals surface area contributed by atoms with E-state index in [1.54, 1.807) is 12.2 Å². The van der Waals surface area contributed by atoms with Gasteiger partial charge in [0.05, 0.1) is 0 Å². The molecule has 0 aromatic heterocycles. The molecular weight excluding hydrogens is 251 g/mol. The highest BCUT2D eigenvalue weighted by Crippen LogP contribution is 2.45. The van der Waals surface area contributed by atoms with Crippen molar-refractivity contribution in [2.75, 3.05) is 13.6 Å². The Labute approximate surface area is 110 Å². The van der Waals surface area contributed by atoms with Gasteiger partial charge in [-0.25, -0.2) is 0 Å². The molecule has 0 bridgehead atoms. The first-order valence-electron chi connectivity index (χ1n) is 6.15. The minimum Gasteiger partial charge on any atom is -0.319 e. The third kappa shape index (κ3) is 2.73. The van der Waals surface area contributed by atoms with Gasteiger partial charge in [0.1, 0.15) is 5.41 Å². The van der Waals surface area contributed by atoms with Gasteiger partial charge in [0.2, 0.25) is 0 Å². The number of rotatable bonds is 3. The van der Waals surface area contributed by atoms with E-state index in [0.29, 0.717) is 0 Å². The summed E-state index contributed by atoms with van der Waals surface area (Å²) in [4.78, 5) is 0. The minimum absolute atomic E-state index is 0.0297. The summed E-state index contributed by atoms with van der Waals surface area (Å²) in [6, 6.07) is 9.44. The van der Waals surface area contributed by atoms with Crippen molar-refractivity contribution in [1.82, 2.24) is 5.32 Å². The van der Waals surface area contributed by atoms with Gasteiger partial charge in [-0.2, -0.15) is 13.2 Å². The van der Waals surface area contributed by atoms with Gasteiger partial charge in [0.15, 0.2) is 0 Å². The predicted octanol–water partition coefficient (Wildman–Crippen LogP) is 3.80. The molecule has 4 heteroatoms. The van der Waals surface area contributed by atoms with E-state index in [9.17, 15) is 13.2 Å². The van der Waals surface area contributed by atoms with Crippen molar-refractivity contribution in [2.24, 2.45) is 5.41 Å². The largest absolute Gasteiger partial charge is 0.399 e. The Morgan fingerprint density at radius 3 is 2.37 bits per heavy atom. The SMILES string of the molecule is CNCC1(C(F)(F)F)C=CC(c2ccccc2)=CC1. The summed E-state index contributed by atoms with van der Waals surface area (Å²) in [5.74, 6) is 0. The van der Waals surface area contributed by atoms with Gasteiger partial charge in [-0.3, -0.25) is 0 Å². The minimum atomic E-state index is -4.24. The first-order chi connectivity index (χ1) is 8.98. The molecule has 1 unspecified atom stereocenters. The van der Waals surface area contributed by atoms with Gasteiger partial charge in [-0.05, 0) is 24.6 Å². The normalized spacial score (nSPS) is 23.3. The molecule has 1 nitrogen and oxygen atoms in total. The highest BCUT2D eigenvalue weighted by molar-refractivity contribution is 5.75. The molecule has 0 aliphatic heterocycles. The van der Waals surface area contributed by atoms with Crippen LogP contribution in [0, 0.1) is 5.41 Å². The van der Waals surface area contributed by atoms with Crippen molar-refractivity contribution >= 4 is 5.57 Å². The van der Waals surface area contributed by atoms with Gasteiger partial charge in [0, 0.05) is 6.54 Å². The molecule has 1 N–H and O–H groups in total. The summed E-state index contributed by atoms with van der Waals surface area (Å²) in [5.41, 5.74) is -0.00408. The highest BCUT2D eigenvalue weighted by Gasteiger charge is 2.52. The van der Waals surface area contributed by atoms with Crippen molar-refractivity contribution in [1.29, 1.82) is 0 Å². The van der Waals surface area contributed by atoms with Gasteiger partial charge < -0.3 is 5.32 Å². The second-order valence-electron chi connectivity index (χ2n) is 4.75. The lowest BCUT2D eigenvalue weighted by atomic mass is 9.78. The van der Waals surface area contributed by atoms with Crippen molar-refractivity contribution in [3.63, 3.8) is 0 Å². The van der Waals surface area contributed by atoms with Crippen LogP contribution < -0.4 is 5.32 Å². The van der Waals surface area contributed by atoms with Crippen LogP contribution in [0.1, 0.15) is 12.0 Å². The molecule has 1 aliphatic carbocycles. The lowest BCUT2D eigenvalue weighted by Crippen LogP contribution is -2.44. The van der Waals surface area contributed by atoms with Crippen LogP contribution in [0.4, 0.5) is 13.2 Å². The molecule has 0 heterocycles. The Kier molecular flexibility index (Phi) is 3.80. The molecule has 0 spiro atoms. The topological polar surface area (TPSA) is 12.0 Å². The van der Waals surface area contributed by atoms with Gasteiger partial charge >= 0.3 is 6.18 Å². The fraction of sp³-hybridized carbons (Fsp3) is 0.333. The number of alkyl halides is 3. The van der Waals surface area contributed by atoms with E-state index in [0.717, 1.165) is 11.1 Å². The number of halogens is 3. The van der Waals surface area contributed by atoms with Crippen molar-refractivity contribution < 1.29 is 13.2 Å². The monoisotopic (exact) mass is 267 g/mol. The molecule has 1 aromatic rings. The van der Waals surface area contributed by atoms with Crippen LogP contribution in [0.25, 0.3) is 5.57 Å². The number of allylic oxidation sites excluding steroid dienone is 3. The lowest BCUT2D eigenvalue weighted by molar-refractivity contribution is -0.203. The maximum atomic E-state index is 13.2. The summed E-state index contributed by atoms with van der Waals surface area (Å²) < 4.78 is 39.6. The molecule has 102 valence electrons. The summed E-state index contributed by atoms with van der Waals surface area (Å²) >= 11 is 0. The highest BCUT2D eigenvalue weighted by atomic mass is 19.4. The van der Waals surface area contributed by atoms with Crippen LogP contribution in [-0.2, 0) is 0 Å². The van der Waals surface area contributed by atoms with E-state index >= 15 is 0 Å². The molecule has 0 radical (unpaired) electrons. The fourth-order valence-corrected chi connectivity index (χ4v) is 2.28. The Balaban J connectivity index is 2.26. The van der Waals surface area contributed by atoms with Crippen molar-refractivity contribution in [2.45, 2.75) is 12.6 Å². The average molecular weight is 267 g/mol. The summed E-state index contributed by atoms with van der Waals surface area (Å²) in [5, 5.41) is 2.64. The second kappa shape index (κ2) is 5.21. The van der Waals surface area contributed by atoms with E-state index in [1.807, 2.05) is 30.3 Å². The van der Waals surface area contributed by atoms with Crippen LogP contribution in [0.3, 0.4) is 0 Å². The van der Waals surface area contributed by atoms with Crippen LogP contribution >= 0.6 is 0 Å². The fourth-order valence-electron chi connectivity index (χ4n) is 2.28. The Morgan fingerprint density at radius 1 is 1.21 bits per heavy atom. The van der Waals surface area contributed by atoms with Gasteiger partial charge in [0.25, 0.3) is 0 Å². The quantitative estimate of drug-likeness (QED) is 0.878. The van der Waals surface area contributed by atoms with E-state index in [1.165, 1.54) is 13.1 Å². The first kappa shape index (κ1) is 13.9. The van der Waals surface area contributed by atoms with E-state index < -0.39 is 11.6 Å². The zero-order valence-corrected chi connectivity index (χ0v) is 10.7. The summed E-state index contributed by atoms with van der Waals surface area (Å²) in [6.07, 6.45) is 0.249. The van der Waals surface area contributed by atoms with Gasteiger partial charge in [-0.15, -0.1) is 0 Å². The van der Waals surface area contributed by atoms with Gasteiger partial charge in [-0.1, -0.05) is 48.6 Å². The summed E-state index contributed by atoms with van der Waals surface area (Å²) in [7, 11) is 1.54. The van der Waals surface area contributed by atoms with Crippen LogP contribution in [0.15, 0.2) is 48.6 Å². The first-order valence-corrected chi connectivity index (χ1v) is 6.15. The van der Waals surface area contributed by atoms with Crippen LogP contribution in [-0.4, -0.2) is 19.8 Å². The molecule has 0 fully saturated rings. The summed E-state index contributed by atoms with van der Waals surface area (Å²) in [6.45, 7) is -0.106. The maximum absolute atomic E-state index is 13.2. The molecule has 0 saturated heterocycles. The Hall–Kier alpha value is -1.55. The number of nitrogens with one attached hydrogen (secondary N) is 1. The Bertz CT molecular complexity index is 488. The standard InChI is InChI=1S/C15H16F3N/c1-19-11-14(15(16,17)18)9-7-13(8-10-14)12-5-3-2-4-6-12/h2-9,19H,10-11H2,1H3. The predicted molar refractivity (Wildman–Crippen MR) is 70.6 cm³/mol. The number of hydrogen-bond acceptors (Lipinski definition) is 1. The van der Waals surface area contributed by atoms with Crippen molar-refractivity contribution in [3.8, 4) is 0 Å². The zero-order chi connectivity index (χ0) is 13.9. The van der Waals surface area contributed by atoms with E-state index in [4.69, 9.17) is 0 Å². The average Bonchev–Trinajstić information content (AvgIpc) is 2.40. The maximum Gasteiger partial charge on any atom is 0.399 e. The molecule has 1 aliphatic rings. The van der Waals surface area contributed by atoms with E-state index in [2.05, 4.69) is 5.32 Å². The zero-order valence-electron chi connectivity index (χ0n) is 10.7. The van der Waals surface area contributed by atoms with Crippen molar-refractivity contribution in [3.05, 3.63) is 54.1 Å². The molecule has 2 rings (SSSR count). The third-order valence-electron chi connectivity index (χ3n) is 3.43. The third-order valence-corrected chi connectivity index (χ3v) is 3.43. The Morgan fingerprint density at radius 2 is 1.89 bits per heavy atom. The van der Waals surface area contributed by atoms with Crippen LogP contribution in [0.2, 0.25) is 0 Å². The van der Waals surface area contributed by atoms with Crippen LogP contribution in [0.5, 0.6) is 0 Å². The smallest absolute Gasteiger partial charge is 0.319 e. The lowest BCUT2D eigenvalue weighted by Gasteiger charge is -2.34. The van der Waals surface area contributed by atoms with E-state index in [-0.39, 0.29) is 13.0 Å².